The Bertz CT molecular complexity index is 661. The van der Waals surface area contributed by atoms with E-state index in [0.29, 0.717) is 25.0 Å². The van der Waals surface area contributed by atoms with Gasteiger partial charge in [-0.1, -0.05) is 0 Å². The fourth-order valence-corrected chi connectivity index (χ4v) is 3.79. The van der Waals surface area contributed by atoms with Gasteiger partial charge in [0.1, 0.15) is 0 Å². The van der Waals surface area contributed by atoms with Crippen LogP contribution >= 0.6 is 24.0 Å². The van der Waals surface area contributed by atoms with Crippen LogP contribution in [0.5, 0.6) is 0 Å². The van der Waals surface area contributed by atoms with Gasteiger partial charge in [-0.15, -0.1) is 24.0 Å². The van der Waals surface area contributed by atoms with Gasteiger partial charge < -0.3 is 20.3 Å². The highest BCUT2D eigenvalue weighted by atomic mass is 127. The van der Waals surface area contributed by atoms with E-state index in [-0.39, 0.29) is 36.1 Å². The molecule has 1 aromatic heterocycles. The summed E-state index contributed by atoms with van der Waals surface area (Å²) in [5.74, 6) is 2.07. The molecule has 0 radical (unpaired) electrons. The van der Waals surface area contributed by atoms with Crippen LogP contribution in [0.25, 0.3) is 0 Å². The normalized spacial score (nSPS) is 20.5. The number of aryl methyl sites for hydroxylation is 1. The first kappa shape index (κ1) is 22.8. The van der Waals surface area contributed by atoms with Crippen molar-refractivity contribution < 1.29 is 9.53 Å². The minimum Gasteiger partial charge on any atom is -0.450 e. The molecule has 2 fully saturated rings. The van der Waals surface area contributed by atoms with Crippen molar-refractivity contribution in [2.24, 2.45) is 23.9 Å². The molecule has 2 atom stereocenters. The van der Waals surface area contributed by atoms with Crippen LogP contribution in [0.3, 0.4) is 0 Å². The Morgan fingerprint density at radius 3 is 2.82 bits per heavy atom. The van der Waals surface area contributed by atoms with Gasteiger partial charge in [0.2, 0.25) is 0 Å². The van der Waals surface area contributed by atoms with Crippen LogP contribution in [0, 0.1) is 11.8 Å². The summed E-state index contributed by atoms with van der Waals surface area (Å²) in [7, 11) is 3.78. The number of nitrogens with zero attached hydrogens (tertiary/aromatic N) is 4. The monoisotopic (exact) mass is 504 g/mol. The molecule has 28 heavy (non-hydrogen) atoms. The van der Waals surface area contributed by atoms with Gasteiger partial charge in [-0.3, -0.25) is 9.67 Å². The molecule has 0 aromatic carbocycles. The van der Waals surface area contributed by atoms with Crippen molar-refractivity contribution in [3.8, 4) is 0 Å². The first-order chi connectivity index (χ1) is 13.1. The van der Waals surface area contributed by atoms with Crippen molar-refractivity contribution in [3.05, 3.63) is 18.0 Å². The number of aromatic nitrogens is 2. The Labute approximate surface area is 184 Å². The van der Waals surface area contributed by atoms with Crippen LogP contribution in [-0.2, 0) is 18.2 Å². The van der Waals surface area contributed by atoms with Gasteiger partial charge >= 0.3 is 6.09 Å². The molecule has 1 aromatic rings. The average Bonchev–Trinajstić information content (AvgIpc) is 3.26. The number of amides is 1. The van der Waals surface area contributed by atoms with E-state index in [1.807, 2.05) is 31.9 Å². The molecule has 158 valence electrons. The third kappa shape index (κ3) is 6.52. The minimum absolute atomic E-state index is 0. The lowest BCUT2D eigenvalue weighted by Gasteiger charge is -2.25. The molecule has 2 unspecified atom stereocenters. The third-order valence-electron chi connectivity index (χ3n) is 5.33. The average molecular weight is 504 g/mol. The molecular formula is C19H33IN6O2. The molecule has 0 spiro atoms. The molecule has 1 saturated heterocycles. The highest BCUT2D eigenvalue weighted by Crippen LogP contribution is 2.32. The maximum absolute atomic E-state index is 11.8. The molecule has 9 heteroatoms. The molecule has 2 heterocycles. The van der Waals surface area contributed by atoms with Crippen molar-refractivity contribution in [1.82, 2.24) is 25.3 Å². The minimum atomic E-state index is -0.330. The second-order valence-corrected chi connectivity index (χ2v) is 7.56. The summed E-state index contributed by atoms with van der Waals surface area (Å²) >= 11 is 0. The summed E-state index contributed by atoms with van der Waals surface area (Å²) in [5.41, 5.74) is 1.29. The molecule has 2 aliphatic rings. The lowest BCUT2D eigenvalue weighted by molar-refractivity contribution is 0.146. The van der Waals surface area contributed by atoms with Gasteiger partial charge in [0, 0.05) is 39.9 Å². The van der Waals surface area contributed by atoms with Crippen molar-refractivity contribution >= 4 is 36.0 Å². The third-order valence-corrected chi connectivity index (χ3v) is 5.33. The zero-order valence-corrected chi connectivity index (χ0v) is 19.4. The van der Waals surface area contributed by atoms with E-state index in [9.17, 15) is 4.79 Å². The van der Waals surface area contributed by atoms with Crippen molar-refractivity contribution in [1.29, 1.82) is 0 Å². The van der Waals surface area contributed by atoms with E-state index in [2.05, 4.69) is 31.8 Å². The zero-order valence-electron chi connectivity index (χ0n) is 17.1. The van der Waals surface area contributed by atoms with Crippen molar-refractivity contribution in [2.75, 3.05) is 33.3 Å². The number of carbonyl (C=O) groups is 1. The van der Waals surface area contributed by atoms with Gasteiger partial charge in [-0.25, -0.2) is 4.79 Å². The summed E-state index contributed by atoms with van der Waals surface area (Å²) < 4.78 is 6.89. The van der Waals surface area contributed by atoms with Gasteiger partial charge in [-0.05, 0) is 50.0 Å². The molecular weight excluding hydrogens is 471 g/mol. The first-order valence-electron chi connectivity index (χ1n) is 9.95. The summed E-state index contributed by atoms with van der Waals surface area (Å²) in [5, 5.41) is 10.7. The van der Waals surface area contributed by atoms with Crippen LogP contribution < -0.4 is 10.6 Å². The molecule has 0 bridgehead atoms. The molecule has 1 saturated carbocycles. The lowest BCUT2D eigenvalue weighted by Crippen LogP contribution is -2.49. The van der Waals surface area contributed by atoms with E-state index in [1.165, 1.54) is 5.56 Å². The molecule has 1 amide bonds. The van der Waals surface area contributed by atoms with E-state index in [0.717, 1.165) is 44.7 Å². The molecule has 1 aliphatic heterocycles. The largest absolute Gasteiger partial charge is 0.450 e. The Kier molecular flexibility index (Phi) is 8.84. The number of nitrogens with one attached hydrogen (secondary N) is 2. The first-order valence-corrected chi connectivity index (χ1v) is 9.95. The zero-order chi connectivity index (χ0) is 19.2. The number of guanidine groups is 1. The van der Waals surface area contributed by atoms with Gasteiger partial charge in [-0.2, -0.15) is 5.10 Å². The summed E-state index contributed by atoms with van der Waals surface area (Å²) in [6.07, 6.45) is 8.25. The lowest BCUT2D eigenvalue weighted by atomic mass is 10.0. The maximum atomic E-state index is 11.8. The van der Waals surface area contributed by atoms with E-state index in [1.54, 1.807) is 0 Å². The SMILES string of the molecule is CCOC(=O)NC(CNC(=NC)N1CCC(Cc2cnn(C)c2)C1)C1CC1.I. The molecule has 8 nitrogen and oxygen atoms in total. The summed E-state index contributed by atoms with van der Waals surface area (Å²) in [6.45, 7) is 4.89. The maximum Gasteiger partial charge on any atom is 0.407 e. The Morgan fingerprint density at radius 1 is 1.43 bits per heavy atom. The fraction of sp³-hybridized carbons (Fsp3) is 0.737. The summed E-state index contributed by atoms with van der Waals surface area (Å²) in [4.78, 5) is 18.5. The number of hydrogen-bond donors (Lipinski definition) is 2. The number of halogens is 1. The number of carbonyl (C=O) groups excluding carboxylic acids is 1. The fourth-order valence-electron chi connectivity index (χ4n) is 3.79. The van der Waals surface area contributed by atoms with Gasteiger partial charge in [0.25, 0.3) is 0 Å². The number of likely N-dealkylation sites (tertiary alicyclic amines) is 1. The van der Waals surface area contributed by atoms with Gasteiger partial charge in [0.15, 0.2) is 5.96 Å². The van der Waals surface area contributed by atoms with E-state index < -0.39 is 0 Å². The quantitative estimate of drug-likeness (QED) is 0.337. The second kappa shape index (κ2) is 10.9. The molecule has 2 N–H and O–H groups in total. The van der Waals surface area contributed by atoms with E-state index >= 15 is 0 Å². The van der Waals surface area contributed by atoms with Crippen LogP contribution in [0.1, 0.15) is 31.7 Å². The van der Waals surface area contributed by atoms with Crippen LogP contribution in [0.2, 0.25) is 0 Å². The number of hydrogen-bond acceptors (Lipinski definition) is 4. The highest BCUT2D eigenvalue weighted by molar-refractivity contribution is 14.0. The van der Waals surface area contributed by atoms with Crippen LogP contribution in [0.15, 0.2) is 17.4 Å². The van der Waals surface area contributed by atoms with Crippen LogP contribution in [-0.4, -0.2) is 66.1 Å². The number of rotatable bonds is 7. The number of aliphatic imine (C=N–C) groups is 1. The van der Waals surface area contributed by atoms with E-state index in [4.69, 9.17) is 4.74 Å². The Hall–Kier alpha value is -1.52. The highest BCUT2D eigenvalue weighted by Gasteiger charge is 2.33. The second-order valence-electron chi connectivity index (χ2n) is 7.56. The van der Waals surface area contributed by atoms with Gasteiger partial charge in [0.05, 0.1) is 18.8 Å². The molecule has 3 rings (SSSR count). The number of ether oxygens (including phenoxy) is 1. The standard InChI is InChI=1S/C19H32N6O2.HI/c1-4-27-19(26)23-17(16-5-6-16)11-21-18(20-2)25-8-7-14(13-25)9-15-10-22-24(3)12-15;/h10,12,14,16-17H,4-9,11,13H2,1-3H3,(H,20,21)(H,23,26);1H. The Balaban J connectivity index is 0.00000280. The smallest absolute Gasteiger partial charge is 0.407 e. The number of alkyl carbamates (subject to hydrolysis) is 1. The summed E-state index contributed by atoms with van der Waals surface area (Å²) in [6, 6.07) is 0.0922. The Morgan fingerprint density at radius 2 is 2.21 bits per heavy atom. The predicted octanol–water partition coefficient (Wildman–Crippen LogP) is 2.00. The van der Waals surface area contributed by atoms with Crippen molar-refractivity contribution in [3.63, 3.8) is 0 Å². The van der Waals surface area contributed by atoms with Crippen molar-refractivity contribution in [2.45, 2.75) is 38.6 Å². The predicted molar refractivity (Wildman–Crippen MR) is 120 cm³/mol. The topological polar surface area (TPSA) is 83.8 Å². The van der Waals surface area contributed by atoms with Crippen LogP contribution in [0.4, 0.5) is 4.79 Å². The molecule has 1 aliphatic carbocycles.